The molecule has 100 valence electrons. The maximum Gasteiger partial charge on any atom is 0.321 e. The molecule has 5 nitrogen and oxygen atoms in total. The van der Waals surface area contributed by atoms with Gasteiger partial charge in [-0.05, 0) is 26.2 Å². The van der Waals surface area contributed by atoms with Crippen LogP contribution >= 0.6 is 0 Å². The van der Waals surface area contributed by atoms with Crippen LogP contribution in [0.4, 0.5) is 4.79 Å². The van der Waals surface area contributed by atoms with Crippen LogP contribution in [-0.4, -0.2) is 31.1 Å². The van der Waals surface area contributed by atoms with Crippen molar-refractivity contribution < 1.29 is 9.59 Å². The summed E-state index contributed by atoms with van der Waals surface area (Å²) in [5.74, 6) is 0.326. The first kappa shape index (κ1) is 15.9. The molecule has 0 aromatic rings. The van der Waals surface area contributed by atoms with E-state index < -0.39 is 6.03 Å². The summed E-state index contributed by atoms with van der Waals surface area (Å²) in [5, 5.41) is 7.78. The van der Waals surface area contributed by atoms with Gasteiger partial charge in [0, 0.05) is 13.1 Å². The highest BCUT2D eigenvalue weighted by Gasteiger charge is 2.17. The Hall–Kier alpha value is -1.10. The van der Waals surface area contributed by atoms with Crippen LogP contribution in [0.15, 0.2) is 0 Å². The molecule has 0 radical (unpaired) electrons. The third-order valence-electron chi connectivity index (χ3n) is 2.84. The third kappa shape index (κ3) is 6.94. The minimum absolute atomic E-state index is 0.260. The summed E-state index contributed by atoms with van der Waals surface area (Å²) in [6, 6.07) is -0.583. The number of urea groups is 1. The Labute approximate surface area is 104 Å². The summed E-state index contributed by atoms with van der Waals surface area (Å²) in [7, 11) is 1.48. The Balaban J connectivity index is 4.02. The van der Waals surface area contributed by atoms with E-state index in [1.165, 1.54) is 7.05 Å². The van der Waals surface area contributed by atoms with Crippen LogP contribution < -0.4 is 16.0 Å². The van der Waals surface area contributed by atoms with Crippen LogP contribution in [0.3, 0.4) is 0 Å². The average Bonchev–Trinajstić information content (AvgIpc) is 2.28. The second-order valence-corrected chi connectivity index (χ2v) is 4.61. The molecule has 0 fully saturated rings. The van der Waals surface area contributed by atoms with E-state index in [2.05, 4.69) is 36.7 Å². The Kier molecular flexibility index (Phi) is 7.54. The molecule has 3 N–H and O–H groups in total. The highest BCUT2D eigenvalue weighted by molar-refractivity contribution is 5.96. The number of amides is 3. The lowest BCUT2D eigenvalue weighted by molar-refractivity contribution is -0.121. The Morgan fingerprint density at radius 1 is 1.18 bits per heavy atom. The van der Waals surface area contributed by atoms with Crippen molar-refractivity contribution in [1.82, 2.24) is 16.0 Å². The summed E-state index contributed by atoms with van der Waals surface area (Å²) in [6.07, 6.45) is 2.15. The van der Waals surface area contributed by atoms with E-state index in [4.69, 9.17) is 0 Å². The lowest BCUT2D eigenvalue weighted by atomic mass is 10.00. The number of hydrogen-bond acceptors (Lipinski definition) is 3. The van der Waals surface area contributed by atoms with Crippen molar-refractivity contribution in [2.45, 2.75) is 52.6 Å². The lowest BCUT2D eigenvalue weighted by Crippen LogP contribution is -2.49. The minimum Gasteiger partial charge on any atom is -0.341 e. The van der Waals surface area contributed by atoms with Crippen LogP contribution in [-0.2, 0) is 4.79 Å². The molecule has 0 aliphatic rings. The van der Waals surface area contributed by atoms with E-state index in [0.717, 1.165) is 12.8 Å². The summed E-state index contributed by atoms with van der Waals surface area (Å²) < 4.78 is 0. The normalized spacial score (nSPS) is 15.8. The number of rotatable bonds is 6. The second kappa shape index (κ2) is 8.06. The Morgan fingerprint density at radius 2 is 1.76 bits per heavy atom. The zero-order valence-corrected chi connectivity index (χ0v) is 11.5. The molecule has 0 aliphatic heterocycles. The molecule has 17 heavy (non-hydrogen) atoms. The summed E-state index contributed by atoms with van der Waals surface area (Å²) in [4.78, 5) is 22.5. The van der Waals surface area contributed by atoms with Gasteiger partial charge >= 0.3 is 6.03 Å². The maximum absolute atomic E-state index is 11.6. The van der Waals surface area contributed by atoms with E-state index in [1.807, 2.05) is 0 Å². The van der Waals surface area contributed by atoms with E-state index in [0.29, 0.717) is 5.92 Å². The highest BCUT2D eigenvalue weighted by atomic mass is 16.2. The van der Waals surface area contributed by atoms with Gasteiger partial charge in [-0.2, -0.15) is 0 Å². The minimum atomic E-state index is -0.474. The molecular formula is C12H25N3O2. The van der Waals surface area contributed by atoms with Gasteiger partial charge in [0.15, 0.2) is 0 Å². The fourth-order valence-electron chi connectivity index (χ4n) is 1.62. The molecule has 0 aliphatic carbocycles. The van der Waals surface area contributed by atoms with E-state index in [1.54, 1.807) is 6.92 Å². The number of carbonyl (C=O) groups is 2. The van der Waals surface area contributed by atoms with Crippen molar-refractivity contribution in [3.05, 3.63) is 0 Å². The highest BCUT2D eigenvalue weighted by Crippen LogP contribution is 2.09. The first-order valence-corrected chi connectivity index (χ1v) is 6.19. The molecule has 5 heteroatoms. The third-order valence-corrected chi connectivity index (χ3v) is 2.84. The quantitative estimate of drug-likeness (QED) is 0.657. The van der Waals surface area contributed by atoms with Gasteiger partial charge in [-0.15, -0.1) is 0 Å². The van der Waals surface area contributed by atoms with E-state index >= 15 is 0 Å². The molecule has 3 amide bonds. The van der Waals surface area contributed by atoms with Crippen molar-refractivity contribution in [3.63, 3.8) is 0 Å². The largest absolute Gasteiger partial charge is 0.341 e. The lowest BCUT2D eigenvalue weighted by Gasteiger charge is -2.21. The molecular weight excluding hydrogens is 218 g/mol. The second-order valence-electron chi connectivity index (χ2n) is 4.61. The molecule has 0 aromatic carbocycles. The van der Waals surface area contributed by atoms with Crippen molar-refractivity contribution in [3.8, 4) is 0 Å². The number of nitrogens with one attached hydrogen (secondary N) is 3. The SMILES string of the molecule is CCC(C)CC(C)NC(C)C(=O)NC(=O)NC. The summed E-state index contributed by atoms with van der Waals surface area (Å²) >= 11 is 0. The standard InChI is InChI=1S/C12H25N3O2/c1-6-8(2)7-9(3)14-10(4)11(16)15-12(17)13-5/h8-10,14H,6-7H2,1-5H3,(H2,13,15,16,17). The predicted molar refractivity (Wildman–Crippen MR) is 68.7 cm³/mol. The summed E-state index contributed by atoms with van der Waals surface area (Å²) in [5.41, 5.74) is 0. The fraction of sp³-hybridized carbons (Fsp3) is 0.833. The molecule has 0 bridgehead atoms. The molecule has 3 atom stereocenters. The van der Waals surface area contributed by atoms with Gasteiger partial charge in [0.25, 0.3) is 0 Å². The first-order valence-electron chi connectivity index (χ1n) is 6.19. The van der Waals surface area contributed by atoms with E-state index in [-0.39, 0.29) is 18.0 Å². The molecule has 0 aromatic heterocycles. The van der Waals surface area contributed by atoms with Crippen LogP contribution in [0, 0.1) is 5.92 Å². The van der Waals surface area contributed by atoms with Gasteiger partial charge in [0.1, 0.15) is 0 Å². The Bertz CT molecular complexity index is 256. The van der Waals surface area contributed by atoms with Crippen molar-refractivity contribution in [2.24, 2.45) is 5.92 Å². The number of hydrogen-bond donors (Lipinski definition) is 3. The van der Waals surface area contributed by atoms with Gasteiger partial charge in [0.2, 0.25) is 5.91 Å². The van der Waals surface area contributed by atoms with Crippen LogP contribution in [0.25, 0.3) is 0 Å². The first-order chi connectivity index (χ1) is 7.90. The van der Waals surface area contributed by atoms with Crippen LogP contribution in [0.1, 0.15) is 40.5 Å². The molecule has 0 heterocycles. The predicted octanol–water partition coefficient (Wildman–Crippen LogP) is 1.24. The van der Waals surface area contributed by atoms with Gasteiger partial charge in [0.05, 0.1) is 6.04 Å². The molecule has 0 spiro atoms. The topological polar surface area (TPSA) is 70.2 Å². The van der Waals surface area contributed by atoms with Gasteiger partial charge in [-0.25, -0.2) is 4.79 Å². The average molecular weight is 243 g/mol. The van der Waals surface area contributed by atoms with Crippen molar-refractivity contribution in [1.29, 1.82) is 0 Å². The molecule has 0 saturated heterocycles. The zero-order valence-electron chi connectivity index (χ0n) is 11.5. The van der Waals surface area contributed by atoms with Crippen LogP contribution in [0.2, 0.25) is 0 Å². The maximum atomic E-state index is 11.6. The zero-order chi connectivity index (χ0) is 13.4. The molecule has 3 unspecified atom stereocenters. The summed E-state index contributed by atoms with van der Waals surface area (Å²) in [6.45, 7) is 8.15. The number of imide groups is 1. The smallest absolute Gasteiger partial charge is 0.321 e. The van der Waals surface area contributed by atoms with Crippen molar-refractivity contribution >= 4 is 11.9 Å². The van der Waals surface area contributed by atoms with Gasteiger partial charge < -0.3 is 10.6 Å². The fourth-order valence-corrected chi connectivity index (χ4v) is 1.62. The molecule has 0 saturated carbocycles. The van der Waals surface area contributed by atoms with Crippen molar-refractivity contribution in [2.75, 3.05) is 7.05 Å². The van der Waals surface area contributed by atoms with Gasteiger partial charge in [-0.3, -0.25) is 10.1 Å². The Morgan fingerprint density at radius 3 is 2.24 bits per heavy atom. The van der Waals surface area contributed by atoms with Gasteiger partial charge in [-0.1, -0.05) is 20.3 Å². The molecule has 0 rings (SSSR count). The number of carbonyl (C=O) groups excluding carboxylic acids is 2. The van der Waals surface area contributed by atoms with Crippen LogP contribution in [0.5, 0.6) is 0 Å². The van der Waals surface area contributed by atoms with E-state index in [9.17, 15) is 9.59 Å². The monoisotopic (exact) mass is 243 g/mol.